The number of amides is 1. The predicted molar refractivity (Wildman–Crippen MR) is 86.5 cm³/mol. The number of nitriles is 1. The van der Waals surface area contributed by atoms with Gasteiger partial charge in [-0.2, -0.15) is 5.26 Å². The largest absolute Gasteiger partial charge is 0.316 e. The lowest BCUT2D eigenvalue weighted by Gasteiger charge is -2.16. The Morgan fingerprint density at radius 3 is 2.75 bits per heavy atom. The Balaban J connectivity index is 2.08. The molecule has 1 aromatic heterocycles. The third-order valence-electron chi connectivity index (χ3n) is 3.17. The van der Waals surface area contributed by atoms with Crippen LogP contribution < -0.4 is 5.32 Å². The van der Waals surface area contributed by atoms with E-state index in [1.807, 2.05) is 0 Å². The lowest BCUT2D eigenvalue weighted by Crippen LogP contribution is -2.18. The highest BCUT2D eigenvalue weighted by atomic mass is 32.2. The lowest BCUT2D eigenvalue weighted by molar-refractivity contribution is -0.113. The zero-order valence-corrected chi connectivity index (χ0v) is 13.8. The van der Waals surface area contributed by atoms with Gasteiger partial charge in [0.1, 0.15) is 11.1 Å². The van der Waals surface area contributed by atoms with Crippen LogP contribution in [0.1, 0.15) is 49.6 Å². The highest BCUT2D eigenvalue weighted by molar-refractivity contribution is 8.01. The fourth-order valence-electron chi connectivity index (χ4n) is 2.22. The van der Waals surface area contributed by atoms with Crippen molar-refractivity contribution in [2.24, 2.45) is 0 Å². The van der Waals surface area contributed by atoms with E-state index in [0.29, 0.717) is 11.3 Å². The molecular formula is C15H20N2OS2. The molecule has 1 N–H and O–H groups in total. The summed E-state index contributed by atoms with van der Waals surface area (Å²) in [5, 5.41) is 13.0. The Morgan fingerprint density at radius 2 is 2.10 bits per heavy atom. The molecule has 0 saturated carbocycles. The zero-order chi connectivity index (χ0) is 14.8. The van der Waals surface area contributed by atoms with Crippen molar-refractivity contribution in [2.75, 3.05) is 11.1 Å². The minimum Gasteiger partial charge on any atom is -0.316 e. The van der Waals surface area contributed by atoms with Crippen LogP contribution in [0.15, 0.2) is 0 Å². The third-order valence-corrected chi connectivity index (χ3v) is 5.65. The summed E-state index contributed by atoms with van der Waals surface area (Å²) in [7, 11) is 0. The minimum absolute atomic E-state index is 0.0139. The van der Waals surface area contributed by atoms with Gasteiger partial charge in [-0.15, -0.1) is 23.1 Å². The summed E-state index contributed by atoms with van der Waals surface area (Å²) in [4.78, 5) is 13.3. The second kappa shape index (κ2) is 6.19. The van der Waals surface area contributed by atoms with Gasteiger partial charge in [-0.1, -0.05) is 20.8 Å². The van der Waals surface area contributed by atoms with Gasteiger partial charge in [0.25, 0.3) is 0 Å². The molecule has 0 aromatic carbocycles. The Bertz CT molecular complexity index is 549. The van der Waals surface area contributed by atoms with Gasteiger partial charge in [0.15, 0.2) is 0 Å². The fraction of sp³-hybridized carbons (Fsp3) is 0.600. The van der Waals surface area contributed by atoms with Crippen LogP contribution in [0.25, 0.3) is 0 Å². The van der Waals surface area contributed by atoms with Crippen molar-refractivity contribution in [3.63, 3.8) is 0 Å². The number of hydrogen-bond acceptors (Lipinski definition) is 4. The molecule has 20 heavy (non-hydrogen) atoms. The van der Waals surface area contributed by atoms with E-state index in [1.165, 1.54) is 16.9 Å². The van der Waals surface area contributed by atoms with Crippen LogP contribution in [0.3, 0.4) is 0 Å². The number of hydrogen-bond donors (Lipinski definition) is 1. The summed E-state index contributed by atoms with van der Waals surface area (Å²) >= 11 is 3.20. The van der Waals surface area contributed by atoms with Crippen molar-refractivity contribution < 1.29 is 4.79 Å². The third kappa shape index (κ3) is 3.77. The number of rotatable bonds is 3. The molecule has 108 valence electrons. The molecule has 0 saturated heterocycles. The summed E-state index contributed by atoms with van der Waals surface area (Å²) in [5.74, 6) is 0.414. The summed E-state index contributed by atoms with van der Waals surface area (Å²) in [6.07, 6.45) is 4.35. The van der Waals surface area contributed by atoms with Crippen LogP contribution in [0, 0.1) is 11.3 Å². The Labute approximate surface area is 128 Å². The normalized spacial score (nSPS) is 14.5. The van der Waals surface area contributed by atoms with Gasteiger partial charge in [-0.05, 0) is 31.2 Å². The number of carbonyl (C=O) groups excluding carboxylic acids is 1. The monoisotopic (exact) mass is 308 g/mol. The van der Waals surface area contributed by atoms with Crippen LogP contribution in [-0.4, -0.2) is 16.4 Å². The molecule has 1 aliphatic rings. The highest BCUT2D eigenvalue weighted by Gasteiger charge is 2.22. The van der Waals surface area contributed by atoms with E-state index in [4.69, 9.17) is 0 Å². The maximum atomic E-state index is 12.0. The Hall–Kier alpha value is -0.990. The SMILES string of the molecule is CC(C)(C)SCC(=O)Nc1sc2c(c1C#N)CCCC2. The van der Waals surface area contributed by atoms with Crippen LogP contribution in [-0.2, 0) is 17.6 Å². The topological polar surface area (TPSA) is 52.9 Å². The van der Waals surface area contributed by atoms with E-state index in [0.717, 1.165) is 24.3 Å². The van der Waals surface area contributed by atoms with E-state index in [1.54, 1.807) is 23.1 Å². The van der Waals surface area contributed by atoms with Gasteiger partial charge >= 0.3 is 0 Å². The first-order valence-corrected chi connectivity index (χ1v) is 8.69. The first-order chi connectivity index (χ1) is 9.40. The number of aryl methyl sites for hydroxylation is 1. The molecule has 0 aliphatic heterocycles. The summed E-state index contributed by atoms with van der Waals surface area (Å²) in [5.41, 5.74) is 1.86. The summed E-state index contributed by atoms with van der Waals surface area (Å²) in [6, 6.07) is 2.27. The van der Waals surface area contributed by atoms with Gasteiger partial charge in [0, 0.05) is 9.62 Å². The molecule has 2 rings (SSSR count). The van der Waals surface area contributed by atoms with Crippen LogP contribution in [0.5, 0.6) is 0 Å². The van der Waals surface area contributed by atoms with Crippen LogP contribution >= 0.6 is 23.1 Å². The van der Waals surface area contributed by atoms with Gasteiger partial charge < -0.3 is 5.32 Å². The fourth-order valence-corrected chi connectivity index (χ4v) is 4.11. The maximum absolute atomic E-state index is 12.0. The number of anilines is 1. The highest BCUT2D eigenvalue weighted by Crippen LogP contribution is 2.37. The molecule has 5 heteroatoms. The van der Waals surface area contributed by atoms with Gasteiger partial charge in [0.2, 0.25) is 5.91 Å². The van der Waals surface area contributed by atoms with Crippen molar-refractivity contribution >= 4 is 34.0 Å². The quantitative estimate of drug-likeness (QED) is 0.919. The molecule has 3 nitrogen and oxygen atoms in total. The second-order valence-corrected chi connectivity index (χ2v) is 8.88. The minimum atomic E-state index is -0.0139. The molecule has 1 amide bonds. The number of nitrogens with one attached hydrogen (secondary N) is 1. The first-order valence-electron chi connectivity index (χ1n) is 6.89. The first kappa shape index (κ1) is 15.4. The molecule has 0 atom stereocenters. The number of carbonyl (C=O) groups is 1. The standard InChI is InChI=1S/C15H20N2OS2/c1-15(2,3)19-9-13(18)17-14-11(8-16)10-6-4-5-7-12(10)20-14/h4-7,9H2,1-3H3,(H,17,18). The molecule has 0 radical (unpaired) electrons. The number of thiophene rings is 1. The molecule has 0 bridgehead atoms. The lowest BCUT2D eigenvalue weighted by atomic mass is 9.96. The molecule has 0 fully saturated rings. The number of fused-ring (bicyclic) bond motifs is 1. The molecule has 1 aliphatic carbocycles. The van der Waals surface area contributed by atoms with E-state index in [2.05, 4.69) is 32.2 Å². The van der Waals surface area contributed by atoms with Crippen molar-refractivity contribution in [1.82, 2.24) is 0 Å². The van der Waals surface area contributed by atoms with E-state index in [9.17, 15) is 10.1 Å². The Kier molecular flexibility index (Phi) is 4.77. The summed E-state index contributed by atoms with van der Waals surface area (Å²) < 4.78 is 0.0735. The summed E-state index contributed by atoms with van der Waals surface area (Å²) in [6.45, 7) is 6.28. The van der Waals surface area contributed by atoms with Crippen molar-refractivity contribution in [3.05, 3.63) is 16.0 Å². The molecule has 1 heterocycles. The van der Waals surface area contributed by atoms with Gasteiger partial charge in [-0.25, -0.2) is 0 Å². The molecule has 0 unspecified atom stereocenters. The maximum Gasteiger partial charge on any atom is 0.235 e. The molecule has 1 aromatic rings. The van der Waals surface area contributed by atoms with E-state index < -0.39 is 0 Å². The van der Waals surface area contributed by atoms with Gasteiger partial charge in [-0.3, -0.25) is 4.79 Å². The average molecular weight is 308 g/mol. The smallest absolute Gasteiger partial charge is 0.235 e. The van der Waals surface area contributed by atoms with Crippen LogP contribution in [0.2, 0.25) is 0 Å². The molecule has 0 spiro atoms. The van der Waals surface area contributed by atoms with Crippen molar-refractivity contribution in [3.8, 4) is 6.07 Å². The number of nitrogens with zero attached hydrogens (tertiary/aromatic N) is 1. The predicted octanol–water partition coefficient (Wildman–Crippen LogP) is 3.97. The van der Waals surface area contributed by atoms with E-state index in [-0.39, 0.29) is 10.7 Å². The van der Waals surface area contributed by atoms with Crippen molar-refractivity contribution in [2.45, 2.75) is 51.2 Å². The average Bonchev–Trinajstić information content (AvgIpc) is 2.72. The van der Waals surface area contributed by atoms with Crippen molar-refractivity contribution in [1.29, 1.82) is 5.26 Å². The second-order valence-electron chi connectivity index (χ2n) is 5.98. The Morgan fingerprint density at radius 1 is 1.40 bits per heavy atom. The number of thioether (sulfide) groups is 1. The zero-order valence-electron chi connectivity index (χ0n) is 12.2. The van der Waals surface area contributed by atoms with Crippen LogP contribution in [0.4, 0.5) is 5.00 Å². The van der Waals surface area contributed by atoms with Gasteiger partial charge in [0.05, 0.1) is 11.3 Å². The van der Waals surface area contributed by atoms with E-state index >= 15 is 0 Å². The molecular weight excluding hydrogens is 288 g/mol.